The second-order valence-electron chi connectivity index (χ2n) is 9.49. The number of piperidine rings is 1. The summed E-state index contributed by atoms with van der Waals surface area (Å²) < 4.78 is 16.1. The molecule has 178 valence electrons. The highest BCUT2D eigenvalue weighted by molar-refractivity contribution is 5.94. The highest BCUT2D eigenvalue weighted by atomic mass is 16.5. The summed E-state index contributed by atoms with van der Waals surface area (Å²) in [7, 11) is 5.02. The van der Waals surface area contributed by atoms with Gasteiger partial charge in [-0.1, -0.05) is 19.9 Å². The van der Waals surface area contributed by atoms with Crippen molar-refractivity contribution in [3.05, 3.63) is 58.7 Å². The van der Waals surface area contributed by atoms with Gasteiger partial charge in [-0.2, -0.15) is 0 Å². The van der Waals surface area contributed by atoms with Gasteiger partial charge in [-0.15, -0.1) is 0 Å². The molecule has 6 nitrogen and oxygen atoms in total. The Balaban J connectivity index is 1.51. The normalized spacial score (nSPS) is 24.2. The SMILES string of the molecule is COCCN1CC[C@@]2(C)c3cc(C(=O)NCc4ccc(OC)cc4OC)ccc3C[C@@H]1[C@@H]2C. The van der Waals surface area contributed by atoms with Crippen molar-refractivity contribution in [1.82, 2.24) is 10.2 Å². The minimum Gasteiger partial charge on any atom is -0.497 e. The first-order chi connectivity index (χ1) is 15.9. The summed E-state index contributed by atoms with van der Waals surface area (Å²) in [5.74, 6) is 1.89. The summed E-state index contributed by atoms with van der Waals surface area (Å²) >= 11 is 0. The number of rotatable bonds is 8. The number of amides is 1. The van der Waals surface area contributed by atoms with E-state index >= 15 is 0 Å². The summed E-state index contributed by atoms with van der Waals surface area (Å²) in [5, 5.41) is 3.06. The van der Waals surface area contributed by atoms with Crippen LogP contribution in [0.25, 0.3) is 0 Å². The largest absolute Gasteiger partial charge is 0.497 e. The van der Waals surface area contributed by atoms with E-state index in [-0.39, 0.29) is 11.3 Å². The Kier molecular flexibility index (Phi) is 6.96. The molecule has 0 radical (unpaired) electrons. The lowest BCUT2D eigenvalue weighted by molar-refractivity contribution is 0.0157. The van der Waals surface area contributed by atoms with Gasteiger partial charge in [0.1, 0.15) is 11.5 Å². The van der Waals surface area contributed by atoms with E-state index in [1.807, 2.05) is 24.3 Å². The van der Waals surface area contributed by atoms with Gasteiger partial charge in [0.15, 0.2) is 0 Å². The van der Waals surface area contributed by atoms with Crippen LogP contribution in [0.3, 0.4) is 0 Å². The van der Waals surface area contributed by atoms with E-state index in [0.717, 1.165) is 49.4 Å². The first-order valence-electron chi connectivity index (χ1n) is 11.8. The number of likely N-dealkylation sites (tertiary alicyclic amines) is 1. The molecule has 4 rings (SSSR count). The van der Waals surface area contributed by atoms with Crippen LogP contribution in [0.2, 0.25) is 0 Å². The van der Waals surface area contributed by atoms with E-state index in [1.165, 1.54) is 11.1 Å². The van der Waals surface area contributed by atoms with Crippen LogP contribution in [0.5, 0.6) is 11.5 Å². The van der Waals surface area contributed by atoms with Crippen molar-refractivity contribution >= 4 is 5.91 Å². The number of methoxy groups -OCH3 is 3. The van der Waals surface area contributed by atoms with Gasteiger partial charge in [-0.25, -0.2) is 0 Å². The average Bonchev–Trinajstić information content (AvgIpc) is 2.84. The highest BCUT2D eigenvalue weighted by Gasteiger charge is 2.48. The van der Waals surface area contributed by atoms with Crippen molar-refractivity contribution in [1.29, 1.82) is 0 Å². The van der Waals surface area contributed by atoms with Crippen molar-refractivity contribution in [3.63, 3.8) is 0 Å². The summed E-state index contributed by atoms with van der Waals surface area (Å²) in [6, 6.07) is 12.4. The van der Waals surface area contributed by atoms with E-state index in [4.69, 9.17) is 14.2 Å². The maximum absolute atomic E-state index is 13.1. The number of hydrogen-bond acceptors (Lipinski definition) is 5. The molecule has 1 fully saturated rings. The monoisotopic (exact) mass is 452 g/mol. The second kappa shape index (κ2) is 9.74. The van der Waals surface area contributed by atoms with E-state index < -0.39 is 0 Å². The number of carbonyl (C=O) groups excluding carboxylic acids is 1. The van der Waals surface area contributed by atoms with Crippen LogP contribution < -0.4 is 14.8 Å². The number of ether oxygens (including phenoxy) is 3. The van der Waals surface area contributed by atoms with Gasteiger partial charge in [0.05, 0.1) is 20.8 Å². The second-order valence-corrected chi connectivity index (χ2v) is 9.49. The van der Waals surface area contributed by atoms with Crippen molar-refractivity contribution in [3.8, 4) is 11.5 Å². The Labute approximate surface area is 197 Å². The lowest BCUT2D eigenvalue weighted by atomic mass is 9.59. The van der Waals surface area contributed by atoms with Gasteiger partial charge in [0, 0.05) is 43.4 Å². The van der Waals surface area contributed by atoms with Crippen molar-refractivity contribution in [2.45, 2.75) is 44.7 Å². The zero-order valence-electron chi connectivity index (χ0n) is 20.4. The molecule has 0 saturated carbocycles. The summed E-state index contributed by atoms with van der Waals surface area (Å²) in [4.78, 5) is 15.6. The quantitative estimate of drug-likeness (QED) is 0.660. The van der Waals surface area contributed by atoms with Crippen LogP contribution in [-0.4, -0.2) is 57.9 Å². The number of nitrogens with one attached hydrogen (secondary N) is 1. The van der Waals surface area contributed by atoms with Crippen LogP contribution in [-0.2, 0) is 23.1 Å². The number of benzene rings is 2. The van der Waals surface area contributed by atoms with Crippen LogP contribution in [0, 0.1) is 5.92 Å². The van der Waals surface area contributed by atoms with Gasteiger partial charge in [-0.3, -0.25) is 9.69 Å². The molecule has 1 aliphatic carbocycles. The predicted molar refractivity (Wildman–Crippen MR) is 129 cm³/mol. The number of carbonyl (C=O) groups is 1. The van der Waals surface area contributed by atoms with Gasteiger partial charge in [0.2, 0.25) is 0 Å². The molecule has 1 aliphatic heterocycles. The molecule has 1 N–H and O–H groups in total. The Morgan fingerprint density at radius 3 is 2.70 bits per heavy atom. The maximum atomic E-state index is 13.1. The fourth-order valence-electron chi connectivity index (χ4n) is 5.61. The standard InChI is InChI=1S/C27H36N2O4/c1-18-24-15-19-6-7-20(14-23(19)27(18,2)10-11-29(24)12-13-31-3)26(30)28-17-21-8-9-22(32-4)16-25(21)33-5/h6-9,14,16,18,24H,10-13,15,17H2,1-5H3,(H,28,30)/t18-,24+,27+/m0/s1. The average molecular weight is 453 g/mol. The summed E-state index contributed by atoms with van der Waals surface area (Å²) in [6.45, 7) is 7.96. The molecule has 0 unspecified atom stereocenters. The third-order valence-corrected chi connectivity index (χ3v) is 7.90. The number of nitrogens with zero attached hydrogens (tertiary/aromatic N) is 1. The first-order valence-corrected chi connectivity index (χ1v) is 11.8. The highest BCUT2D eigenvalue weighted by Crippen LogP contribution is 2.48. The minimum absolute atomic E-state index is 0.0634. The molecule has 2 aliphatic rings. The zero-order chi connectivity index (χ0) is 23.6. The molecule has 3 atom stereocenters. The van der Waals surface area contributed by atoms with Crippen molar-refractivity contribution < 1.29 is 19.0 Å². The van der Waals surface area contributed by atoms with Crippen LogP contribution in [0.4, 0.5) is 0 Å². The summed E-state index contributed by atoms with van der Waals surface area (Å²) in [6.07, 6.45) is 2.12. The molecule has 2 bridgehead atoms. The third kappa shape index (κ3) is 4.46. The summed E-state index contributed by atoms with van der Waals surface area (Å²) in [5.41, 5.74) is 4.42. The van der Waals surface area contributed by atoms with Gasteiger partial charge in [0.25, 0.3) is 5.91 Å². The minimum atomic E-state index is -0.0634. The molecule has 0 aromatic heterocycles. The Morgan fingerprint density at radius 1 is 1.15 bits per heavy atom. The van der Waals surface area contributed by atoms with Crippen LogP contribution in [0.15, 0.2) is 36.4 Å². The molecular weight excluding hydrogens is 416 g/mol. The lowest BCUT2D eigenvalue weighted by Crippen LogP contribution is -2.58. The van der Waals surface area contributed by atoms with Gasteiger partial charge < -0.3 is 19.5 Å². The van der Waals surface area contributed by atoms with Crippen LogP contribution >= 0.6 is 0 Å². The molecule has 2 aromatic carbocycles. The van der Waals surface area contributed by atoms with Gasteiger partial charge >= 0.3 is 0 Å². The molecular formula is C27H36N2O4. The fourth-order valence-corrected chi connectivity index (χ4v) is 5.61. The Morgan fingerprint density at radius 2 is 1.97 bits per heavy atom. The van der Waals surface area contributed by atoms with E-state index in [1.54, 1.807) is 21.3 Å². The molecule has 1 amide bonds. The topological polar surface area (TPSA) is 60.0 Å². The van der Waals surface area contributed by atoms with Crippen molar-refractivity contribution in [2.24, 2.45) is 5.92 Å². The zero-order valence-corrected chi connectivity index (χ0v) is 20.4. The fraction of sp³-hybridized carbons (Fsp3) is 0.519. The van der Waals surface area contributed by atoms with Gasteiger partial charge in [-0.05, 0) is 66.1 Å². The molecule has 1 saturated heterocycles. The number of hydrogen-bond donors (Lipinski definition) is 1. The molecule has 33 heavy (non-hydrogen) atoms. The smallest absolute Gasteiger partial charge is 0.251 e. The van der Waals surface area contributed by atoms with E-state index in [9.17, 15) is 4.79 Å². The molecule has 0 spiro atoms. The lowest BCUT2D eigenvalue weighted by Gasteiger charge is -2.54. The van der Waals surface area contributed by atoms with E-state index in [2.05, 4.69) is 36.2 Å². The van der Waals surface area contributed by atoms with Crippen LogP contribution in [0.1, 0.15) is 47.3 Å². The first kappa shape index (κ1) is 23.6. The third-order valence-electron chi connectivity index (χ3n) is 7.90. The Hall–Kier alpha value is -2.57. The molecule has 2 aromatic rings. The van der Waals surface area contributed by atoms with E-state index in [0.29, 0.717) is 24.3 Å². The molecule has 1 heterocycles. The predicted octanol–water partition coefficient (Wildman–Crippen LogP) is 3.80. The van der Waals surface area contributed by atoms with Crippen molar-refractivity contribution in [2.75, 3.05) is 41.0 Å². The number of fused-ring (bicyclic) bond motifs is 4. The Bertz CT molecular complexity index is 1010. The maximum Gasteiger partial charge on any atom is 0.251 e. The molecule has 6 heteroatoms.